The van der Waals surface area contributed by atoms with E-state index in [1.807, 2.05) is 6.20 Å². The Balaban J connectivity index is 1.87. The largest absolute Gasteiger partial charge is 0.437 e. The van der Waals surface area contributed by atoms with Gasteiger partial charge in [0.25, 0.3) is 5.82 Å². The number of hydrogen-bond acceptors (Lipinski definition) is 3. The monoisotopic (exact) mass is 475 g/mol. The zero-order chi connectivity index (χ0) is 25.1. The SMILES string of the molecule is Cc1ccccc1-c1n(-c2c(C(C)C)cc3c(oc4ncncc43)c2C(C)C)c2ccccc2[n+]1C. The van der Waals surface area contributed by atoms with Crippen LogP contribution in [0.25, 0.3) is 50.2 Å². The number of hydrogen-bond donors (Lipinski definition) is 0. The molecule has 0 saturated carbocycles. The minimum Gasteiger partial charge on any atom is -0.437 e. The molecule has 5 heteroatoms. The minimum atomic E-state index is 0.228. The van der Waals surface area contributed by atoms with Gasteiger partial charge in [0, 0.05) is 22.7 Å². The van der Waals surface area contributed by atoms with E-state index in [2.05, 4.69) is 115 Å². The Kier molecular flexibility index (Phi) is 5.18. The second-order valence-electron chi connectivity index (χ2n) is 10.3. The molecule has 0 radical (unpaired) electrons. The van der Waals surface area contributed by atoms with Gasteiger partial charge in [0.15, 0.2) is 11.0 Å². The molecule has 3 aromatic carbocycles. The molecule has 180 valence electrons. The van der Waals surface area contributed by atoms with E-state index in [9.17, 15) is 0 Å². The Labute approximate surface area is 211 Å². The maximum absolute atomic E-state index is 6.46. The second kappa shape index (κ2) is 8.30. The number of fused-ring (bicyclic) bond motifs is 4. The van der Waals surface area contributed by atoms with Crippen molar-refractivity contribution in [2.75, 3.05) is 0 Å². The molecule has 3 aromatic heterocycles. The lowest BCUT2D eigenvalue weighted by Gasteiger charge is -2.19. The van der Waals surface area contributed by atoms with Gasteiger partial charge < -0.3 is 4.42 Å². The first-order chi connectivity index (χ1) is 17.4. The first kappa shape index (κ1) is 22.5. The Morgan fingerprint density at radius 3 is 2.42 bits per heavy atom. The zero-order valence-corrected chi connectivity index (χ0v) is 21.7. The van der Waals surface area contributed by atoms with E-state index in [4.69, 9.17) is 4.42 Å². The maximum atomic E-state index is 6.46. The molecule has 0 unspecified atom stereocenters. The summed E-state index contributed by atoms with van der Waals surface area (Å²) in [6.45, 7) is 11.2. The van der Waals surface area contributed by atoms with Gasteiger partial charge in [-0.25, -0.2) is 14.5 Å². The predicted octanol–water partition coefficient (Wildman–Crippen LogP) is 7.37. The third-order valence-electron chi connectivity index (χ3n) is 7.30. The topological polar surface area (TPSA) is 47.7 Å². The molecular formula is C31H31N4O+. The maximum Gasteiger partial charge on any atom is 0.295 e. The van der Waals surface area contributed by atoms with Gasteiger partial charge in [0.05, 0.1) is 18.0 Å². The summed E-state index contributed by atoms with van der Waals surface area (Å²) in [5.41, 5.74) is 10.1. The van der Waals surface area contributed by atoms with E-state index < -0.39 is 0 Å². The third-order valence-corrected chi connectivity index (χ3v) is 7.30. The van der Waals surface area contributed by atoms with Crippen LogP contribution in [0.15, 0.2) is 71.5 Å². The van der Waals surface area contributed by atoms with Crippen LogP contribution in [0.5, 0.6) is 0 Å². The van der Waals surface area contributed by atoms with Gasteiger partial charge in [0.2, 0.25) is 5.71 Å². The molecule has 6 aromatic rings. The molecule has 5 nitrogen and oxygen atoms in total. The number of para-hydroxylation sites is 2. The average molecular weight is 476 g/mol. The summed E-state index contributed by atoms with van der Waals surface area (Å²) >= 11 is 0. The van der Waals surface area contributed by atoms with E-state index in [-0.39, 0.29) is 5.92 Å². The molecule has 0 aliphatic carbocycles. The average Bonchev–Trinajstić information content (AvgIpc) is 3.38. The lowest BCUT2D eigenvalue weighted by Crippen LogP contribution is -2.30. The fraction of sp³-hybridized carbons (Fsp3) is 0.258. The molecule has 0 saturated heterocycles. The van der Waals surface area contributed by atoms with E-state index in [0.29, 0.717) is 11.6 Å². The van der Waals surface area contributed by atoms with Crippen molar-refractivity contribution in [3.8, 4) is 17.1 Å². The number of nitrogens with zero attached hydrogens (tertiary/aromatic N) is 4. The predicted molar refractivity (Wildman–Crippen MR) is 146 cm³/mol. The van der Waals surface area contributed by atoms with Gasteiger partial charge in [-0.05, 0) is 48.6 Å². The van der Waals surface area contributed by atoms with Crippen LogP contribution in [0.2, 0.25) is 0 Å². The van der Waals surface area contributed by atoms with Crippen LogP contribution in [0.3, 0.4) is 0 Å². The highest BCUT2D eigenvalue weighted by Crippen LogP contribution is 2.43. The molecule has 0 bridgehead atoms. The molecule has 0 aliphatic heterocycles. The van der Waals surface area contributed by atoms with Crippen LogP contribution >= 0.6 is 0 Å². The highest BCUT2D eigenvalue weighted by Gasteiger charge is 2.33. The van der Waals surface area contributed by atoms with Gasteiger partial charge >= 0.3 is 0 Å². The van der Waals surface area contributed by atoms with Gasteiger partial charge in [-0.3, -0.25) is 0 Å². The Bertz CT molecular complexity index is 1770. The number of furan rings is 1. The van der Waals surface area contributed by atoms with Crippen LogP contribution in [-0.4, -0.2) is 14.5 Å². The molecule has 3 heterocycles. The fourth-order valence-electron chi connectivity index (χ4n) is 5.58. The highest BCUT2D eigenvalue weighted by molar-refractivity contribution is 6.06. The number of rotatable bonds is 4. The first-order valence-corrected chi connectivity index (χ1v) is 12.6. The fourth-order valence-corrected chi connectivity index (χ4v) is 5.58. The van der Waals surface area contributed by atoms with Gasteiger partial charge in [-0.2, -0.15) is 4.57 Å². The van der Waals surface area contributed by atoms with Gasteiger partial charge in [-0.1, -0.05) is 58.0 Å². The van der Waals surface area contributed by atoms with Crippen molar-refractivity contribution < 1.29 is 8.98 Å². The molecule has 0 atom stereocenters. The van der Waals surface area contributed by atoms with Crippen molar-refractivity contribution >= 4 is 33.1 Å². The lowest BCUT2D eigenvalue weighted by molar-refractivity contribution is -0.633. The number of imidazole rings is 1. The summed E-state index contributed by atoms with van der Waals surface area (Å²) in [4.78, 5) is 8.73. The molecular weight excluding hydrogens is 444 g/mol. The standard InChI is InChI=1S/C31H31N4O/c1-18(2)22-15-23-24-16-32-17-33-30(24)36-29(23)27(19(3)4)28(22)35-26-14-10-9-13-25(26)34(6)31(35)21-12-8-7-11-20(21)5/h7-19H,1-6H3/q+1. The van der Waals surface area contributed by atoms with Crippen LogP contribution in [0, 0.1) is 6.92 Å². The summed E-state index contributed by atoms with van der Waals surface area (Å²) < 4.78 is 11.2. The molecule has 0 spiro atoms. The molecule has 0 fully saturated rings. The molecule has 0 amide bonds. The lowest BCUT2D eigenvalue weighted by atomic mass is 9.89. The molecule has 0 aliphatic rings. The number of aromatic nitrogens is 4. The van der Waals surface area contributed by atoms with Crippen molar-refractivity contribution in [2.45, 2.75) is 46.5 Å². The molecule has 6 rings (SSSR count). The normalized spacial score (nSPS) is 12.1. The van der Waals surface area contributed by atoms with Gasteiger partial charge in [-0.15, -0.1) is 0 Å². The zero-order valence-electron chi connectivity index (χ0n) is 21.7. The van der Waals surface area contributed by atoms with Crippen molar-refractivity contribution in [1.29, 1.82) is 0 Å². The van der Waals surface area contributed by atoms with Crippen molar-refractivity contribution in [3.63, 3.8) is 0 Å². The first-order valence-electron chi connectivity index (χ1n) is 12.6. The quantitative estimate of drug-likeness (QED) is 0.250. The van der Waals surface area contributed by atoms with E-state index in [1.165, 1.54) is 39.0 Å². The smallest absolute Gasteiger partial charge is 0.295 e. The summed E-state index contributed by atoms with van der Waals surface area (Å²) in [7, 11) is 2.17. The summed E-state index contributed by atoms with van der Waals surface area (Å²) in [5.74, 6) is 1.69. The van der Waals surface area contributed by atoms with E-state index in [0.717, 1.165) is 22.2 Å². The third kappa shape index (κ3) is 3.19. The second-order valence-corrected chi connectivity index (χ2v) is 10.3. The van der Waals surface area contributed by atoms with Crippen molar-refractivity contribution in [3.05, 3.63) is 83.8 Å². The van der Waals surface area contributed by atoms with E-state index >= 15 is 0 Å². The number of aryl methyl sites for hydroxylation is 2. The van der Waals surface area contributed by atoms with Crippen LogP contribution < -0.4 is 4.57 Å². The Morgan fingerprint density at radius 1 is 0.917 bits per heavy atom. The Morgan fingerprint density at radius 2 is 1.67 bits per heavy atom. The molecule has 36 heavy (non-hydrogen) atoms. The van der Waals surface area contributed by atoms with E-state index in [1.54, 1.807) is 6.33 Å². The summed E-state index contributed by atoms with van der Waals surface area (Å²) in [6, 6.07) is 19.6. The minimum absolute atomic E-state index is 0.228. The van der Waals surface area contributed by atoms with Crippen LogP contribution in [0.1, 0.15) is 56.2 Å². The number of benzene rings is 3. The van der Waals surface area contributed by atoms with Gasteiger partial charge in [0.1, 0.15) is 17.6 Å². The van der Waals surface area contributed by atoms with Crippen LogP contribution in [0.4, 0.5) is 0 Å². The molecule has 0 N–H and O–H groups in total. The summed E-state index contributed by atoms with van der Waals surface area (Å²) in [5, 5.41) is 2.05. The highest BCUT2D eigenvalue weighted by atomic mass is 16.3. The summed E-state index contributed by atoms with van der Waals surface area (Å²) in [6.07, 6.45) is 3.42. The Hall–Kier alpha value is -3.99. The van der Waals surface area contributed by atoms with Crippen LogP contribution in [-0.2, 0) is 7.05 Å². The van der Waals surface area contributed by atoms with Crippen molar-refractivity contribution in [1.82, 2.24) is 14.5 Å². The van der Waals surface area contributed by atoms with Crippen molar-refractivity contribution in [2.24, 2.45) is 7.05 Å².